The van der Waals surface area contributed by atoms with Gasteiger partial charge in [-0.2, -0.15) is 10.4 Å². The largest absolute Gasteiger partial charge is 0.482 e. The SMILES string of the molecule is N#Cc1ccccc1OCC(=O)N/N=C/c1ccc(N2CCCCC2)cc1. The van der Waals surface area contributed by atoms with Crippen LogP contribution >= 0.6 is 0 Å². The number of amides is 1. The molecule has 27 heavy (non-hydrogen) atoms. The van der Waals surface area contributed by atoms with Crippen molar-refractivity contribution in [2.75, 3.05) is 24.6 Å². The van der Waals surface area contributed by atoms with E-state index in [1.807, 2.05) is 18.2 Å². The van der Waals surface area contributed by atoms with E-state index in [0.717, 1.165) is 18.7 Å². The van der Waals surface area contributed by atoms with Gasteiger partial charge in [-0.15, -0.1) is 0 Å². The lowest BCUT2D eigenvalue weighted by molar-refractivity contribution is -0.123. The van der Waals surface area contributed by atoms with Gasteiger partial charge < -0.3 is 9.64 Å². The predicted octanol–water partition coefficient (Wildman–Crippen LogP) is 3.08. The summed E-state index contributed by atoms with van der Waals surface area (Å²) in [4.78, 5) is 14.2. The fourth-order valence-corrected chi connectivity index (χ4v) is 2.96. The number of nitrogens with one attached hydrogen (secondary N) is 1. The van der Waals surface area contributed by atoms with E-state index in [2.05, 4.69) is 27.6 Å². The number of carbonyl (C=O) groups is 1. The maximum Gasteiger partial charge on any atom is 0.277 e. The number of carbonyl (C=O) groups excluding carboxylic acids is 1. The maximum atomic E-state index is 11.8. The third-order valence-corrected chi connectivity index (χ3v) is 4.38. The van der Waals surface area contributed by atoms with Gasteiger partial charge in [0.25, 0.3) is 5.91 Å². The van der Waals surface area contributed by atoms with Crippen molar-refractivity contribution in [2.45, 2.75) is 19.3 Å². The van der Waals surface area contributed by atoms with E-state index in [9.17, 15) is 4.79 Å². The lowest BCUT2D eigenvalue weighted by atomic mass is 10.1. The summed E-state index contributed by atoms with van der Waals surface area (Å²) in [5.74, 6) is -0.00337. The molecule has 1 amide bonds. The molecule has 0 atom stereocenters. The number of nitriles is 1. The monoisotopic (exact) mass is 362 g/mol. The first-order valence-corrected chi connectivity index (χ1v) is 9.05. The molecule has 3 rings (SSSR count). The molecule has 138 valence electrons. The van der Waals surface area contributed by atoms with Gasteiger partial charge in [-0.25, -0.2) is 5.43 Å². The molecule has 1 fully saturated rings. The summed E-state index contributed by atoms with van der Waals surface area (Å²) in [6.45, 7) is 2.01. The van der Waals surface area contributed by atoms with Gasteiger partial charge in [-0.3, -0.25) is 4.79 Å². The van der Waals surface area contributed by atoms with Crippen molar-refractivity contribution in [1.82, 2.24) is 5.43 Å². The standard InChI is InChI=1S/C21H22N4O2/c22-14-18-6-2-3-7-20(18)27-16-21(26)24-23-15-17-8-10-19(11-9-17)25-12-4-1-5-13-25/h2-3,6-11,15H,1,4-5,12-13,16H2,(H,24,26)/b23-15+. The zero-order valence-electron chi connectivity index (χ0n) is 15.1. The Kier molecular flexibility index (Phi) is 6.42. The van der Waals surface area contributed by atoms with Gasteiger partial charge in [0.05, 0.1) is 11.8 Å². The van der Waals surface area contributed by atoms with Gasteiger partial charge in [-0.1, -0.05) is 24.3 Å². The smallest absolute Gasteiger partial charge is 0.277 e. The topological polar surface area (TPSA) is 77.7 Å². The average Bonchev–Trinajstić information content (AvgIpc) is 2.73. The molecule has 2 aromatic carbocycles. The van der Waals surface area contributed by atoms with E-state index >= 15 is 0 Å². The Bertz CT molecular complexity index is 834. The van der Waals surface area contributed by atoms with Crippen molar-refractivity contribution in [3.63, 3.8) is 0 Å². The minimum Gasteiger partial charge on any atom is -0.482 e. The predicted molar refractivity (Wildman–Crippen MR) is 105 cm³/mol. The van der Waals surface area contributed by atoms with E-state index in [1.54, 1.807) is 30.5 Å². The zero-order valence-corrected chi connectivity index (χ0v) is 15.1. The minimum absolute atomic E-state index is 0.204. The molecule has 1 heterocycles. The van der Waals surface area contributed by atoms with Crippen molar-refractivity contribution < 1.29 is 9.53 Å². The molecule has 0 bridgehead atoms. The Labute approximate surface area is 159 Å². The van der Waals surface area contributed by atoms with E-state index in [0.29, 0.717) is 11.3 Å². The lowest BCUT2D eigenvalue weighted by Gasteiger charge is -2.28. The van der Waals surface area contributed by atoms with Crippen LogP contribution in [0.2, 0.25) is 0 Å². The summed E-state index contributed by atoms with van der Waals surface area (Å²) in [5, 5.41) is 13.0. The molecular weight excluding hydrogens is 340 g/mol. The molecule has 1 aliphatic heterocycles. The molecule has 0 aromatic heterocycles. The highest BCUT2D eigenvalue weighted by Gasteiger charge is 2.10. The Hall–Kier alpha value is -3.33. The number of hydrazone groups is 1. The van der Waals surface area contributed by atoms with Crippen LogP contribution in [-0.2, 0) is 4.79 Å². The molecule has 1 aliphatic rings. The van der Waals surface area contributed by atoms with Crippen LogP contribution in [0.1, 0.15) is 30.4 Å². The molecule has 0 radical (unpaired) electrons. The maximum absolute atomic E-state index is 11.8. The van der Waals surface area contributed by atoms with Gasteiger partial charge in [0.2, 0.25) is 0 Å². The first kappa shape index (κ1) is 18.5. The second-order valence-electron chi connectivity index (χ2n) is 6.33. The number of nitrogens with zero attached hydrogens (tertiary/aromatic N) is 3. The van der Waals surface area contributed by atoms with Gasteiger partial charge in [0.1, 0.15) is 11.8 Å². The summed E-state index contributed by atoms with van der Waals surface area (Å²) in [7, 11) is 0. The molecule has 1 saturated heterocycles. The molecule has 0 aliphatic carbocycles. The van der Waals surface area contributed by atoms with Crippen molar-refractivity contribution in [3.8, 4) is 11.8 Å². The van der Waals surface area contributed by atoms with Crippen LogP contribution in [0.3, 0.4) is 0 Å². The summed E-state index contributed by atoms with van der Waals surface area (Å²) >= 11 is 0. The zero-order chi connectivity index (χ0) is 18.9. The van der Waals surface area contributed by atoms with E-state index in [1.165, 1.54) is 24.9 Å². The van der Waals surface area contributed by atoms with E-state index in [-0.39, 0.29) is 12.5 Å². The highest BCUT2D eigenvalue weighted by atomic mass is 16.5. The second kappa shape index (κ2) is 9.39. The van der Waals surface area contributed by atoms with Gasteiger partial charge in [0, 0.05) is 18.8 Å². The quantitative estimate of drug-likeness (QED) is 0.633. The van der Waals surface area contributed by atoms with E-state index in [4.69, 9.17) is 10.00 Å². The highest BCUT2D eigenvalue weighted by Crippen LogP contribution is 2.19. The Morgan fingerprint density at radius 1 is 1.15 bits per heavy atom. The number of anilines is 1. The number of hydrogen-bond donors (Lipinski definition) is 1. The third-order valence-electron chi connectivity index (χ3n) is 4.38. The van der Waals surface area contributed by atoms with Crippen molar-refractivity contribution >= 4 is 17.8 Å². The summed E-state index contributed by atoms with van der Waals surface area (Å²) in [6, 6.07) is 16.9. The average molecular weight is 362 g/mol. The summed E-state index contributed by atoms with van der Waals surface area (Å²) in [6.07, 6.45) is 5.40. The summed E-state index contributed by atoms with van der Waals surface area (Å²) in [5.41, 5.74) is 4.95. The first-order chi connectivity index (χ1) is 13.3. The van der Waals surface area contributed by atoms with Crippen molar-refractivity contribution in [2.24, 2.45) is 5.10 Å². The fraction of sp³-hybridized carbons (Fsp3) is 0.286. The van der Waals surface area contributed by atoms with Crippen LogP contribution in [0.15, 0.2) is 53.6 Å². The second-order valence-corrected chi connectivity index (χ2v) is 6.33. The number of rotatable bonds is 6. The van der Waals surface area contributed by atoms with Crippen LogP contribution in [0, 0.1) is 11.3 Å². The summed E-state index contributed by atoms with van der Waals surface area (Å²) < 4.78 is 5.36. The molecule has 6 nitrogen and oxygen atoms in total. The van der Waals surface area contributed by atoms with Crippen LogP contribution in [-0.4, -0.2) is 31.8 Å². The molecule has 0 spiro atoms. The normalized spacial score (nSPS) is 14.0. The Balaban J connectivity index is 1.47. The first-order valence-electron chi connectivity index (χ1n) is 9.05. The molecular formula is C21H22N4O2. The van der Waals surface area contributed by atoms with Crippen molar-refractivity contribution in [1.29, 1.82) is 5.26 Å². The van der Waals surface area contributed by atoms with Crippen LogP contribution in [0.5, 0.6) is 5.75 Å². The molecule has 6 heteroatoms. The molecule has 2 aromatic rings. The van der Waals surface area contributed by atoms with E-state index < -0.39 is 0 Å². The van der Waals surface area contributed by atoms with Gasteiger partial charge >= 0.3 is 0 Å². The van der Waals surface area contributed by atoms with Crippen LogP contribution in [0.25, 0.3) is 0 Å². The third kappa shape index (κ3) is 5.32. The Morgan fingerprint density at radius 2 is 1.89 bits per heavy atom. The molecule has 0 unspecified atom stereocenters. The number of benzene rings is 2. The Morgan fingerprint density at radius 3 is 2.63 bits per heavy atom. The van der Waals surface area contributed by atoms with Crippen LogP contribution < -0.4 is 15.1 Å². The molecule has 0 saturated carbocycles. The van der Waals surface area contributed by atoms with Gasteiger partial charge in [-0.05, 0) is 49.1 Å². The lowest BCUT2D eigenvalue weighted by Crippen LogP contribution is -2.29. The fourth-order valence-electron chi connectivity index (χ4n) is 2.96. The number of ether oxygens (including phenoxy) is 1. The minimum atomic E-state index is -0.385. The van der Waals surface area contributed by atoms with Gasteiger partial charge in [0.15, 0.2) is 6.61 Å². The number of para-hydroxylation sites is 1. The number of hydrogen-bond acceptors (Lipinski definition) is 5. The van der Waals surface area contributed by atoms with Crippen LogP contribution in [0.4, 0.5) is 5.69 Å². The van der Waals surface area contributed by atoms with Crippen molar-refractivity contribution in [3.05, 3.63) is 59.7 Å². The highest BCUT2D eigenvalue weighted by molar-refractivity contribution is 5.83. The number of piperidine rings is 1. The molecule has 1 N–H and O–H groups in total.